The molecule has 2 atom stereocenters. The fourth-order valence-electron chi connectivity index (χ4n) is 1.55. The van der Waals surface area contributed by atoms with Gasteiger partial charge in [0.25, 0.3) is 0 Å². The molecule has 1 nitrogen and oxygen atoms in total. The van der Waals surface area contributed by atoms with Crippen LogP contribution < -0.4 is 0 Å². The van der Waals surface area contributed by atoms with Crippen molar-refractivity contribution in [2.75, 3.05) is 0 Å². The van der Waals surface area contributed by atoms with Gasteiger partial charge in [0.1, 0.15) is 0 Å². The summed E-state index contributed by atoms with van der Waals surface area (Å²) in [5.74, 6) is 0.690. The fraction of sp³-hybridized carbons (Fsp3) is 0.444. The van der Waals surface area contributed by atoms with Gasteiger partial charge in [0.15, 0.2) is 0 Å². The van der Waals surface area contributed by atoms with E-state index in [0.717, 1.165) is 0 Å². The van der Waals surface area contributed by atoms with E-state index in [9.17, 15) is 0 Å². The van der Waals surface area contributed by atoms with Gasteiger partial charge in [-0.3, -0.25) is 4.99 Å². The fourth-order valence-corrected chi connectivity index (χ4v) is 1.55. The predicted octanol–water partition coefficient (Wildman–Crippen LogP) is 1.96. The third kappa shape index (κ3) is 0.919. The van der Waals surface area contributed by atoms with Crippen molar-refractivity contribution in [3.05, 3.63) is 24.3 Å². The molecule has 0 aromatic rings. The molecule has 0 amide bonds. The van der Waals surface area contributed by atoms with Crippen molar-refractivity contribution >= 4 is 6.21 Å². The first-order valence-corrected chi connectivity index (χ1v) is 3.83. The van der Waals surface area contributed by atoms with Crippen LogP contribution in [0.15, 0.2) is 29.3 Å². The maximum Gasteiger partial charge on any atom is 0.0742 e. The van der Waals surface area contributed by atoms with Gasteiger partial charge in [0.05, 0.1) is 6.04 Å². The maximum absolute atomic E-state index is 4.35. The van der Waals surface area contributed by atoms with E-state index in [1.807, 2.05) is 6.21 Å². The van der Waals surface area contributed by atoms with E-state index in [4.69, 9.17) is 0 Å². The Morgan fingerprint density at radius 3 is 3.20 bits per heavy atom. The predicted molar refractivity (Wildman–Crippen MR) is 43.3 cm³/mol. The van der Waals surface area contributed by atoms with Crippen LogP contribution in [-0.4, -0.2) is 12.3 Å². The quantitative estimate of drug-likeness (QED) is 0.448. The molecular formula is C9H11N. The van der Waals surface area contributed by atoms with Crippen molar-refractivity contribution in [1.29, 1.82) is 0 Å². The Balaban J connectivity index is 2.21. The van der Waals surface area contributed by atoms with Crippen LogP contribution in [0, 0.1) is 5.92 Å². The monoisotopic (exact) mass is 133 g/mol. The molecule has 0 saturated heterocycles. The van der Waals surface area contributed by atoms with Crippen LogP contribution in [0.1, 0.15) is 12.8 Å². The normalized spacial score (nSPS) is 36.0. The van der Waals surface area contributed by atoms with E-state index in [1.54, 1.807) is 0 Å². The summed E-state index contributed by atoms with van der Waals surface area (Å²) in [4.78, 5) is 4.35. The molecule has 1 aliphatic carbocycles. The minimum absolute atomic E-state index is 0.457. The maximum atomic E-state index is 4.35. The Kier molecular flexibility index (Phi) is 1.42. The Morgan fingerprint density at radius 1 is 1.30 bits per heavy atom. The molecule has 0 fully saturated rings. The summed E-state index contributed by atoms with van der Waals surface area (Å²) in [5, 5.41) is 0. The number of rotatable bonds is 0. The van der Waals surface area contributed by atoms with Gasteiger partial charge in [-0.1, -0.05) is 18.2 Å². The topological polar surface area (TPSA) is 12.4 Å². The molecule has 0 aromatic carbocycles. The van der Waals surface area contributed by atoms with Gasteiger partial charge in [-0.05, 0) is 18.9 Å². The summed E-state index contributed by atoms with van der Waals surface area (Å²) >= 11 is 0. The lowest BCUT2D eigenvalue weighted by molar-refractivity contribution is 0.515. The highest BCUT2D eigenvalue weighted by molar-refractivity contribution is 5.72. The highest BCUT2D eigenvalue weighted by atomic mass is 14.8. The lowest BCUT2D eigenvalue weighted by Crippen LogP contribution is -2.19. The first-order chi connectivity index (χ1) is 4.97. The first kappa shape index (κ1) is 5.90. The van der Waals surface area contributed by atoms with Crippen LogP contribution in [0.4, 0.5) is 0 Å². The minimum Gasteiger partial charge on any atom is -0.285 e. The summed E-state index contributed by atoms with van der Waals surface area (Å²) in [7, 11) is 0. The zero-order valence-electron chi connectivity index (χ0n) is 5.90. The molecule has 1 heterocycles. The molecule has 0 spiro atoms. The first-order valence-electron chi connectivity index (χ1n) is 3.83. The molecule has 2 rings (SSSR count). The summed E-state index contributed by atoms with van der Waals surface area (Å²) < 4.78 is 0. The highest BCUT2D eigenvalue weighted by Gasteiger charge is 2.18. The largest absolute Gasteiger partial charge is 0.285 e. The van der Waals surface area contributed by atoms with Crippen LogP contribution in [0.2, 0.25) is 0 Å². The molecule has 2 unspecified atom stereocenters. The van der Waals surface area contributed by atoms with Crippen molar-refractivity contribution < 1.29 is 0 Å². The van der Waals surface area contributed by atoms with Crippen molar-refractivity contribution in [1.82, 2.24) is 0 Å². The third-order valence-corrected chi connectivity index (χ3v) is 2.14. The summed E-state index contributed by atoms with van der Waals surface area (Å²) in [6.07, 6.45) is 13.2. The molecule has 0 bridgehead atoms. The molecule has 1 aliphatic heterocycles. The Morgan fingerprint density at radius 2 is 2.30 bits per heavy atom. The molecule has 0 aromatic heterocycles. The zero-order valence-corrected chi connectivity index (χ0v) is 5.90. The second-order valence-electron chi connectivity index (χ2n) is 2.84. The van der Waals surface area contributed by atoms with Crippen molar-refractivity contribution in [3.63, 3.8) is 0 Å². The van der Waals surface area contributed by atoms with Gasteiger partial charge in [-0.15, -0.1) is 0 Å². The SMILES string of the molecule is C1=CC2CCC=CC2N=C1. The van der Waals surface area contributed by atoms with E-state index in [2.05, 4.69) is 29.3 Å². The van der Waals surface area contributed by atoms with E-state index >= 15 is 0 Å². The number of nitrogens with zero attached hydrogens (tertiary/aromatic N) is 1. The number of hydrogen-bond donors (Lipinski definition) is 0. The summed E-state index contributed by atoms with van der Waals surface area (Å²) in [5.41, 5.74) is 0. The van der Waals surface area contributed by atoms with E-state index < -0.39 is 0 Å². The highest BCUT2D eigenvalue weighted by Crippen LogP contribution is 2.24. The molecule has 2 aliphatic rings. The van der Waals surface area contributed by atoms with E-state index in [0.29, 0.717) is 12.0 Å². The van der Waals surface area contributed by atoms with Gasteiger partial charge in [0, 0.05) is 12.1 Å². The Bertz CT molecular complexity index is 201. The molecular weight excluding hydrogens is 122 g/mol. The van der Waals surface area contributed by atoms with Gasteiger partial charge in [-0.25, -0.2) is 0 Å². The summed E-state index contributed by atoms with van der Waals surface area (Å²) in [6, 6.07) is 0.457. The van der Waals surface area contributed by atoms with E-state index in [1.165, 1.54) is 12.8 Å². The average Bonchev–Trinajstić information content (AvgIpc) is 2.05. The van der Waals surface area contributed by atoms with Crippen LogP contribution in [0.25, 0.3) is 0 Å². The van der Waals surface area contributed by atoms with Crippen LogP contribution in [-0.2, 0) is 0 Å². The number of allylic oxidation sites excluding steroid dienone is 2. The lowest BCUT2D eigenvalue weighted by atomic mass is 9.88. The second kappa shape index (κ2) is 2.41. The number of hydrogen-bond acceptors (Lipinski definition) is 1. The molecule has 52 valence electrons. The number of fused-ring (bicyclic) bond motifs is 1. The van der Waals surface area contributed by atoms with Gasteiger partial charge in [-0.2, -0.15) is 0 Å². The lowest BCUT2D eigenvalue weighted by Gasteiger charge is -2.23. The summed E-state index contributed by atoms with van der Waals surface area (Å²) in [6.45, 7) is 0. The second-order valence-corrected chi connectivity index (χ2v) is 2.84. The van der Waals surface area contributed by atoms with Gasteiger partial charge >= 0.3 is 0 Å². The Hall–Kier alpha value is -0.850. The van der Waals surface area contributed by atoms with Crippen molar-refractivity contribution in [2.24, 2.45) is 10.9 Å². The minimum atomic E-state index is 0.457. The van der Waals surface area contributed by atoms with E-state index in [-0.39, 0.29) is 0 Å². The molecule has 0 N–H and O–H groups in total. The van der Waals surface area contributed by atoms with Gasteiger partial charge in [0.2, 0.25) is 0 Å². The standard InChI is InChI=1S/C9H11N/c1-2-6-9-8(4-1)5-3-7-10-9/h2-3,5-9H,1,4H2. The molecule has 0 radical (unpaired) electrons. The molecule has 1 heteroatoms. The van der Waals surface area contributed by atoms with Crippen LogP contribution in [0.5, 0.6) is 0 Å². The van der Waals surface area contributed by atoms with Crippen LogP contribution >= 0.6 is 0 Å². The number of aliphatic imine (C=N–C) groups is 1. The Labute approximate surface area is 61.2 Å². The van der Waals surface area contributed by atoms with Crippen molar-refractivity contribution in [3.8, 4) is 0 Å². The number of dihydropyridines is 1. The molecule has 0 saturated carbocycles. The average molecular weight is 133 g/mol. The van der Waals surface area contributed by atoms with Gasteiger partial charge < -0.3 is 0 Å². The molecule has 10 heavy (non-hydrogen) atoms. The zero-order chi connectivity index (χ0) is 6.81. The van der Waals surface area contributed by atoms with Crippen LogP contribution in [0.3, 0.4) is 0 Å². The third-order valence-electron chi connectivity index (χ3n) is 2.14. The smallest absolute Gasteiger partial charge is 0.0742 e. The van der Waals surface area contributed by atoms with Crippen molar-refractivity contribution in [2.45, 2.75) is 18.9 Å².